The Morgan fingerprint density at radius 3 is 2.55 bits per heavy atom. The van der Waals surface area contributed by atoms with E-state index in [1.807, 2.05) is 6.07 Å². The van der Waals surface area contributed by atoms with Gasteiger partial charge in [-0.3, -0.25) is 19.3 Å². The molecule has 0 aliphatic carbocycles. The van der Waals surface area contributed by atoms with Gasteiger partial charge in [0, 0.05) is 18.0 Å². The number of nitrogens with zero attached hydrogens (tertiary/aromatic N) is 2. The first-order chi connectivity index (χ1) is 9.51. The van der Waals surface area contributed by atoms with E-state index in [0.29, 0.717) is 11.3 Å². The largest absolute Gasteiger partial charge is 0.325 e. The number of amides is 3. The lowest BCUT2D eigenvalue weighted by atomic mass is 10.1. The van der Waals surface area contributed by atoms with Crippen LogP contribution in [0.3, 0.4) is 0 Å². The Labute approximate surface area is 116 Å². The molecule has 0 bridgehead atoms. The van der Waals surface area contributed by atoms with Gasteiger partial charge in [-0.1, -0.05) is 6.92 Å². The van der Waals surface area contributed by atoms with Crippen LogP contribution in [0.1, 0.15) is 18.9 Å². The molecule has 1 aromatic rings. The molecule has 1 N–H and O–H groups in total. The summed E-state index contributed by atoms with van der Waals surface area (Å²) < 4.78 is 0. The molecular weight excluding hydrogens is 258 g/mol. The van der Waals surface area contributed by atoms with Crippen molar-refractivity contribution in [3.63, 3.8) is 0 Å². The molecule has 1 heterocycles. The number of likely N-dealkylation sites (tertiary alicyclic amines) is 1. The maximum absolute atomic E-state index is 11.8. The van der Waals surface area contributed by atoms with Crippen molar-refractivity contribution < 1.29 is 14.4 Å². The van der Waals surface area contributed by atoms with Crippen molar-refractivity contribution in [2.75, 3.05) is 11.9 Å². The van der Waals surface area contributed by atoms with Crippen molar-refractivity contribution in [1.29, 1.82) is 5.26 Å². The number of hydrogen-bond acceptors (Lipinski definition) is 4. The Hall–Kier alpha value is -2.68. The van der Waals surface area contributed by atoms with Crippen molar-refractivity contribution in [2.45, 2.75) is 13.3 Å². The van der Waals surface area contributed by atoms with Gasteiger partial charge in [-0.15, -0.1) is 0 Å². The standard InChI is InChI=1S/C14H13N3O3/c1-9-6-13(19)17(14(9)20)8-12(18)16-11-4-2-10(7-15)3-5-11/h2-5,9H,6,8H2,1H3,(H,16,18). The summed E-state index contributed by atoms with van der Waals surface area (Å²) in [5.41, 5.74) is 1.00. The second kappa shape index (κ2) is 5.53. The van der Waals surface area contributed by atoms with Crippen LogP contribution in [0.4, 0.5) is 5.69 Å². The second-order valence-corrected chi connectivity index (χ2v) is 4.66. The number of nitriles is 1. The van der Waals surface area contributed by atoms with Crippen molar-refractivity contribution >= 4 is 23.4 Å². The molecule has 0 saturated carbocycles. The zero-order valence-corrected chi connectivity index (χ0v) is 10.9. The van der Waals surface area contributed by atoms with Gasteiger partial charge in [0.15, 0.2) is 0 Å². The summed E-state index contributed by atoms with van der Waals surface area (Å²) >= 11 is 0. The number of hydrogen-bond donors (Lipinski definition) is 1. The van der Waals surface area contributed by atoms with E-state index in [-0.39, 0.29) is 30.7 Å². The first-order valence-corrected chi connectivity index (χ1v) is 6.15. The van der Waals surface area contributed by atoms with Crippen LogP contribution in [0.2, 0.25) is 0 Å². The van der Waals surface area contributed by atoms with E-state index in [9.17, 15) is 14.4 Å². The monoisotopic (exact) mass is 271 g/mol. The summed E-state index contributed by atoms with van der Waals surface area (Å²) in [5.74, 6) is -1.43. The van der Waals surface area contributed by atoms with Crippen LogP contribution in [-0.4, -0.2) is 29.2 Å². The van der Waals surface area contributed by atoms with Crippen LogP contribution in [0.15, 0.2) is 24.3 Å². The van der Waals surface area contributed by atoms with Crippen LogP contribution >= 0.6 is 0 Å². The topological polar surface area (TPSA) is 90.3 Å². The van der Waals surface area contributed by atoms with Crippen molar-refractivity contribution in [2.24, 2.45) is 5.92 Å². The highest BCUT2D eigenvalue weighted by atomic mass is 16.2. The highest BCUT2D eigenvalue weighted by Crippen LogP contribution is 2.18. The number of nitrogens with one attached hydrogen (secondary N) is 1. The minimum absolute atomic E-state index is 0.156. The van der Waals surface area contributed by atoms with E-state index in [2.05, 4.69) is 5.32 Å². The lowest BCUT2D eigenvalue weighted by Crippen LogP contribution is -2.37. The van der Waals surface area contributed by atoms with Crippen molar-refractivity contribution in [3.05, 3.63) is 29.8 Å². The summed E-state index contributed by atoms with van der Waals surface area (Å²) in [6, 6.07) is 8.30. The smallest absolute Gasteiger partial charge is 0.244 e. The normalized spacial score (nSPS) is 18.0. The Bertz CT molecular complexity index is 601. The number of rotatable bonds is 3. The molecule has 6 heteroatoms. The van der Waals surface area contributed by atoms with Gasteiger partial charge < -0.3 is 5.32 Å². The first kappa shape index (κ1) is 13.7. The fourth-order valence-electron chi connectivity index (χ4n) is 1.99. The maximum atomic E-state index is 11.8. The van der Waals surface area contributed by atoms with Crippen LogP contribution in [0, 0.1) is 17.2 Å². The van der Waals surface area contributed by atoms with E-state index in [1.54, 1.807) is 31.2 Å². The van der Waals surface area contributed by atoms with Gasteiger partial charge in [-0.2, -0.15) is 5.26 Å². The number of anilines is 1. The third-order valence-corrected chi connectivity index (χ3v) is 3.07. The molecule has 1 fully saturated rings. The molecule has 0 radical (unpaired) electrons. The third-order valence-electron chi connectivity index (χ3n) is 3.07. The van der Waals surface area contributed by atoms with Crippen molar-refractivity contribution in [1.82, 2.24) is 4.90 Å². The average Bonchev–Trinajstić information content (AvgIpc) is 2.66. The summed E-state index contributed by atoms with van der Waals surface area (Å²) in [6.07, 6.45) is 0.156. The molecule has 2 rings (SSSR count). The molecular formula is C14H13N3O3. The molecule has 1 saturated heterocycles. The zero-order chi connectivity index (χ0) is 14.7. The van der Waals surface area contributed by atoms with Crippen LogP contribution in [0.5, 0.6) is 0 Å². The number of carbonyl (C=O) groups is 3. The molecule has 1 aliphatic heterocycles. The Morgan fingerprint density at radius 2 is 2.05 bits per heavy atom. The third kappa shape index (κ3) is 2.83. The average molecular weight is 271 g/mol. The summed E-state index contributed by atoms with van der Waals surface area (Å²) in [4.78, 5) is 36.0. The molecule has 1 aliphatic rings. The molecule has 1 unspecified atom stereocenters. The molecule has 1 atom stereocenters. The Morgan fingerprint density at radius 1 is 1.40 bits per heavy atom. The van der Waals surface area contributed by atoms with Gasteiger partial charge in [0.05, 0.1) is 11.6 Å². The molecule has 20 heavy (non-hydrogen) atoms. The van der Waals surface area contributed by atoms with Gasteiger partial charge in [0.1, 0.15) is 6.54 Å². The molecule has 0 aromatic heterocycles. The van der Waals surface area contributed by atoms with Gasteiger partial charge in [0.2, 0.25) is 17.7 Å². The minimum atomic E-state index is -0.439. The summed E-state index contributed by atoms with van der Waals surface area (Å²) in [5, 5.41) is 11.2. The predicted octanol–water partition coefficient (Wildman–Crippen LogP) is 0.892. The van der Waals surface area contributed by atoms with Crippen molar-refractivity contribution in [3.8, 4) is 6.07 Å². The van der Waals surface area contributed by atoms with Gasteiger partial charge in [-0.05, 0) is 24.3 Å². The maximum Gasteiger partial charge on any atom is 0.244 e. The number of benzene rings is 1. The van der Waals surface area contributed by atoms with E-state index in [4.69, 9.17) is 5.26 Å². The lowest BCUT2D eigenvalue weighted by molar-refractivity contribution is -0.142. The van der Waals surface area contributed by atoms with E-state index < -0.39 is 5.91 Å². The van der Waals surface area contributed by atoms with Gasteiger partial charge in [-0.25, -0.2) is 0 Å². The number of carbonyl (C=O) groups excluding carboxylic acids is 3. The highest BCUT2D eigenvalue weighted by Gasteiger charge is 2.36. The quantitative estimate of drug-likeness (QED) is 0.827. The van der Waals surface area contributed by atoms with E-state index >= 15 is 0 Å². The summed E-state index contributed by atoms with van der Waals surface area (Å²) in [6.45, 7) is 1.39. The highest BCUT2D eigenvalue weighted by molar-refractivity contribution is 6.07. The lowest BCUT2D eigenvalue weighted by Gasteiger charge is -2.14. The zero-order valence-electron chi connectivity index (χ0n) is 10.9. The Balaban J connectivity index is 1.97. The number of imide groups is 1. The summed E-state index contributed by atoms with van der Waals surface area (Å²) in [7, 11) is 0. The molecule has 0 spiro atoms. The molecule has 6 nitrogen and oxygen atoms in total. The van der Waals surface area contributed by atoms with Crippen LogP contribution in [-0.2, 0) is 14.4 Å². The second-order valence-electron chi connectivity index (χ2n) is 4.66. The molecule has 3 amide bonds. The fourth-order valence-corrected chi connectivity index (χ4v) is 1.99. The Kier molecular flexibility index (Phi) is 3.80. The van der Waals surface area contributed by atoms with E-state index in [1.165, 1.54) is 0 Å². The fraction of sp³-hybridized carbons (Fsp3) is 0.286. The van der Waals surface area contributed by atoms with Crippen LogP contribution < -0.4 is 5.32 Å². The SMILES string of the molecule is CC1CC(=O)N(CC(=O)Nc2ccc(C#N)cc2)C1=O. The molecule has 102 valence electrons. The molecule has 1 aromatic carbocycles. The van der Waals surface area contributed by atoms with Gasteiger partial charge in [0.25, 0.3) is 0 Å². The van der Waals surface area contributed by atoms with E-state index in [0.717, 1.165) is 4.90 Å². The predicted molar refractivity (Wildman–Crippen MR) is 70.3 cm³/mol. The first-order valence-electron chi connectivity index (χ1n) is 6.15. The minimum Gasteiger partial charge on any atom is -0.325 e. The van der Waals surface area contributed by atoms with Crippen LogP contribution in [0.25, 0.3) is 0 Å². The van der Waals surface area contributed by atoms with Gasteiger partial charge >= 0.3 is 0 Å².